The van der Waals surface area contributed by atoms with Crippen LogP contribution in [0.2, 0.25) is 0 Å². The molecule has 0 aliphatic rings. The summed E-state index contributed by atoms with van der Waals surface area (Å²) >= 11 is 0. The van der Waals surface area contributed by atoms with Gasteiger partial charge in [0.15, 0.2) is 0 Å². The van der Waals surface area contributed by atoms with Crippen molar-refractivity contribution in [3.63, 3.8) is 0 Å². The van der Waals surface area contributed by atoms with Crippen molar-refractivity contribution < 1.29 is 4.79 Å². The van der Waals surface area contributed by atoms with Crippen LogP contribution in [0.4, 0.5) is 5.69 Å². The topological polar surface area (TPSA) is 71.2 Å². The molecule has 0 aromatic carbocycles. The molecule has 0 aliphatic carbocycles. The van der Waals surface area contributed by atoms with Gasteiger partial charge in [-0.2, -0.15) is 0 Å². The van der Waals surface area contributed by atoms with Gasteiger partial charge in [-0.1, -0.05) is 0 Å². The van der Waals surface area contributed by atoms with E-state index in [2.05, 4.69) is 42.9 Å². The lowest BCUT2D eigenvalue weighted by Crippen LogP contribution is -2.42. The molecule has 1 aromatic heterocycles. The van der Waals surface area contributed by atoms with Gasteiger partial charge in [0.2, 0.25) is 0 Å². The second-order valence-corrected chi connectivity index (χ2v) is 5.14. The van der Waals surface area contributed by atoms with Crippen LogP contribution < -0.4 is 11.1 Å². The van der Waals surface area contributed by atoms with Crippen molar-refractivity contribution in [2.75, 3.05) is 18.8 Å². The molecular weight excluding hydrogens is 311 g/mol. The number of nitrogens with zero attached hydrogens (tertiary/aromatic N) is 2. The second-order valence-electron chi connectivity index (χ2n) is 5.14. The summed E-state index contributed by atoms with van der Waals surface area (Å²) < 4.78 is 0. The molecule has 21 heavy (non-hydrogen) atoms. The summed E-state index contributed by atoms with van der Waals surface area (Å²) in [4.78, 5) is 18.2. The summed E-state index contributed by atoms with van der Waals surface area (Å²) in [6.45, 7) is 10.0. The molecule has 0 saturated carbocycles. The van der Waals surface area contributed by atoms with E-state index in [1.54, 1.807) is 12.3 Å². The third-order valence-corrected chi connectivity index (χ3v) is 3.08. The Morgan fingerprint density at radius 1 is 1.29 bits per heavy atom. The van der Waals surface area contributed by atoms with Crippen LogP contribution in [-0.2, 0) is 0 Å². The molecule has 1 aromatic rings. The Labute approximate surface area is 139 Å². The molecule has 122 valence electrons. The molecule has 0 aliphatic heterocycles. The maximum atomic E-state index is 11.9. The lowest BCUT2D eigenvalue weighted by atomic mass is 10.2. The lowest BCUT2D eigenvalue weighted by Gasteiger charge is -2.30. The number of rotatable bonds is 6. The van der Waals surface area contributed by atoms with Gasteiger partial charge in [-0.05, 0) is 33.8 Å². The van der Waals surface area contributed by atoms with Crippen LogP contribution in [0.5, 0.6) is 0 Å². The van der Waals surface area contributed by atoms with Gasteiger partial charge in [-0.15, -0.1) is 24.8 Å². The number of aromatic nitrogens is 1. The van der Waals surface area contributed by atoms with E-state index in [9.17, 15) is 4.79 Å². The van der Waals surface area contributed by atoms with E-state index >= 15 is 0 Å². The highest BCUT2D eigenvalue weighted by Gasteiger charge is 2.14. The number of pyridine rings is 1. The number of nitrogens with two attached hydrogens (primary N) is 1. The highest BCUT2D eigenvalue weighted by Crippen LogP contribution is 2.08. The van der Waals surface area contributed by atoms with Crippen molar-refractivity contribution >= 4 is 36.4 Å². The van der Waals surface area contributed by atoms with Gasteiger partial charge < -0.3 is 11.1 Å². The molecule has 5 nitrogen and oxygen atoms in total. The van der Waals surface area contributed by atoms with Crippen molar-refractivity contribution in [3.8, 4) is 0 Å². The zero-order chi connectivity index (χ0) is 14.4. The minimum Gasteiger partial charge on any atom is -0.398 e. The van der Waals surface area contributed by atoms with Gasteiger partial charge in [-0.3, -0.25) is 14.7 Å². The number of carbonyl (C=O) groups is 1. The summed E-state index contributed by atoms with van der Waals surface area (Å²) in [5.74, 6) is -0.168. The fourth-order valence-corrected chi connectivity index (χ4v) is 2.10. The smallest absolute Gasteiger partial charge is 0.254 e. The fraction of sp³-hybridized carbons (Fsp3) is 0.571. The minimum absolute atomic E-state index is 0. The van der Waals surface area contributed by atoms with Crippen molar-refractivity contribution in [2.24, 2.45) is 0 Å². The van der Waals surface area contributed by atoms with E-state index in [0.717, 1.165) is 6.54 Å². The van der Waals surface area contributed by atoms with Crippen LogP contribution in [0, 0.1) is 0 Å². The first-order valence-electron chi connectivity index (χ1n) is 6.67. The quantitative estimate of drug-likeness (QED) is 0.836. The largest absolute Gasteiger partial charge is 0.398 e. The molecule has 0 saturated heterocycles. The summed E-state index contributed by atoms with van der Waals surface area (Å²) in [6.07, 6.45) is 3.07. The number of nitrogens with one attached hydrogen (secondary N) is 1. The molecule has 0 unspecified atom stereocenters. The van der Waals surface area contributed by atoms with Crippen LogP contribution in [0.15, 0.2) is 18.5 Å². The second kappa shape index (κ2) is 10.7. The average Bonchev–Trinajstić information content (AvgIpc) is 2.33. The molecule has 0 bridgehead atoms. The molecule has 0 spiro atoms. The first kappa shape index (κ1) is 22.2. The van der Waals surface area contributed by atoms with Gasteiger partial charge in [-0.25, -0.2) is 0 Å². The molecule has 0 atom stereocenters. The van der Waals surface area contributed by atoms with Crippen molar-refractivity contribution in [1.29, 1.82) is 0 Å². The van der Waals surface area contributed by atoms with Gasteiger partial charge in [0, 0.05) is 43.3 Å². The van der Waals surface area contributed by atoms with Crippen molar-refractivity contribution in [3.05, 3.63) is 24.0 Å². The van der Waals surface area contributed by atoms with E-state index in [1.807, 2.05) is 0 Å². The van der Waals surface area contributed by atoms with Crippen LogP contribution in [-0.4, -0.2) is 41.0 Å². The highest BCUT2D eigenvalue weighted by atomic mass is 35.5. The van der Waals surface area contributed by atoms with Crippen LogP contribution >= 0.6 is 24.8 Å². The normalized spacial score (nSPS) is 10.2. The van der Waals surface area contributed by atoms with Gasteiger partial charge in [0.1, 0.15) is 0 Å². The highest BCUT2D eigenvalue weighted by molar-refractivity contribution is 5.98. The number of carbonyl (C=O) groups excluding carboxylic acids is 1. The summed E-state index contributed by atoms with van der Waals surface area (Å²) in [7, 11) is 0. The maximum absolute atomic E-state index is 11.9. The number of halogens is 2. The van der Waals surface area contributed by atoms with Gasteiger partial charge >= 0.3 is 0 Å². The van der Waals surface area contributed by atoms with Crippen LogP contribution in [0.25, 0.3) is 0 Å². The Morgan fingerprint density at radius 2 is 1.86 bits per heavy atom. The first-order chi connectivity index (χ1) is 8.93. The SMILES string of the molecule is CC(C)N(CCNC(=O)c1cnccc1N)C(C)C.Cl.Cl. The zero-order valence-corrected chi connectivity index (χ0v) is 14.6. The molecule has 0 fully saturated rings. The zero-order valence-electron chi connectivity index (χ0n) is 13.0. The summed E-state index contributed by atoms with van der Waals surface area (Å²) in [5, 5.41) is 2.88. The Hall–Kier alpha value is -1.04. The minimum atomic E-state index is -0.168. The van der Waals surface area contributed by atoms with Crippen LogP contribution in [0.1, 0.15) is 38.1 Å². The number of anilines is 1. The number of hydrogen-bond acceptors (Lipinski definition) is 4. The van der Waals surface area contributed by atoms with Crippen molar-refractivity contribution in [2.45, 2.75) is 39.8 Å². The molecule has 1 amide bonds. The van der Waals surface area contributed by atoms with E-state index in [-0.39, 0.29) is 30.7 Å². The predicted molar refractivity (Wildman–Crippen MR) is 92.5 cm³/mol. The van der Waals surface area contributed by atoms with E-state index < -0.39 is 0 Å². The number of amides is 1. The Kier molecular flexibility index (Phi) is 11.3. The van der Waals surface area contributed by atoms with Crippen molar-refractivity contribution in [1.82, 2.24) is 15.2 Å². The maximum Gasteiger partial charge on any atom is 0.254 e. The van der Waals surface area contributed by atoms with Gasteiger partial charge in [0.05, 0.1) is 5.56 Å². The first-order valence-corrected chi connectivity index (χ1v) is 6.67. The lowest BCUT2D eigenvalue weighted by molar-refractivity contribution is 0.0940. The molecule has 1 rings (SSSR count). The molecular formula is C14H26Cl2N4O. The molecule has 1 heterocycles. The van der Waals surface area contributed by atoms with E-state index in [4.69, 9.17) is 5.73 Å². The standard InChI is InChI=1S/C14H24N4O.2ClH/c1-10(2)18(11(3)4)8-7-17-14(19)12-9-16-6-5-13(12)15;;/h5-6,9-11H,7-8H2,1-4H3,(H2,15,16)(H,17,19);2*1H. The fourth-order valence-electron chi connectivity index (χ4n) is 2.10. The predicted octanol–water partition coefficient (Wildman–Crippen LogP) is 2.36. The summed E-state index contributed by atoms with van der Waals surface area (Å²) in [6, 6.07) is 2.55. The monoisotopic (exact) mass is 336 g/mol. The number of nitrogen functional groups attached to an aromatic ring is 1. The Bertz CT molecular complexity index is 419. The Balaban J connectivity index is 0. The summed E-state index contributed by atoms with van der Waals surface area (Å²) in [5.41, 5.74) is 6.63. The Morgan fingerprint density at radius 3 is 2.33 bits per heavy atom. The van der Waals surface area contributed by atoms with E-state index in [1.165, 1.54) is 6.20 Å². The average molecular weight is 337 g/mol. The van der Waals surface area contributed by atoms with Gasteiger partial charge in [0.25, 0.3) is 5.91 Å². The third-order valence-electron chi connectivity index (χ3n) is 3.08. The third kappa shape index (κ3) is 6.98. The molecule has 3 N–H and O–H groups in total. The molecule has 7 heteroatoms. The molecule has 0 radical (unpaired) electrons. The van der Waals surface area contributed by atoms with E-state index in [0.29, 0.717) is 29.9 Å². The number of hydrogen-bond donors (Lipinski definition) is 2. The van der Waals surface area contributed by atoms with Crippen LogP contribution in [0.3, 0.4) is 0 Å².